The van der Waals surface area contributed by atoms with Gasteiger partial charge in [-0.2, -0.15) is 0 Å². The van der Waals surface area contributed by atoms with Crippen LogP contribution in [0.3, 0.4) is 0 Å². The molecule has 0 aromatic heterocycles. The van der Waals surface area contributed by atoms with E-state index in [2.05, 4.69) is 4.74 Å². The summed E-state index contributed by atoms with van der Waals surface area (Å²) < 4.78 is 29.8. The van der Waals surface area contributed by atoms with Crippen LogP contribution in [-0.2, 0) is 26.1 Å². The van der Waals surface area contributed by atoms with Gasteiger partial charge in [-0.1, -0.05) is 12.1 Å². The zero-order valence-electron chi connectivity index (χ0n) is 10.9. The number of carbonyl (C=O) groups excluding carboxylic acids is 1. The van der Waals surface area contributed by atoms with Crippen LogP contribution in [0.5, 0.6) is 0 Å². The average Bonchev–Trinajstić information content (AvgIpc) is 3.08. The van der Waals surface area contributed by atoms with Crippen molar-refractivity contribution in [1.82, 2.24) is 0 Å². The van der Waals surface area contributed by atoms with Crippen molar-refractivity contribution >= 4 is 16.8 Å². The first-order chi connectivity index (χ1) is 9.03. The van der Waals surface area contributed by atoms with Crippen LogP contribution in [0, 0.1) is 11.2 Å². The molecule has 1 atom stereocenters. The molecule has 0 bridgehead atoms. The highest BCUT2D eigenvalue weighted by Crippen LogP contribution is 2.49. The third-order valence-corrected chi connectivity index (χ3v) is 4.98. The van der Waals surface area contributed by atoms with Crippen molar-refractivity contribution in [2.45, 2.75) is 25.0 Å². The normalized spacial score (nSPS) is 17.8. The van der Waals surface area contributed by atoms with E-state index in [9.17, 15) is 13.4 Å². The maximum absolute atomic E-state index is 13.0. The molecule has 1 aliphatic carbocycles. The molecule has 3 nitrogen and oxygen atoms in total. The Kier molecular flexibility index (Phi) is 4.34. The first kappa shape index (κ1) is 14.2. The van der Waals surface area contributed by atoms with Gasteiger partial charge in [0.2, 0.25) is 0 Å². The molecular formula is C14H17FO3S. The second-order valence-corrected chi connectivity index (χ2v) is 6.57. The number of esters is 1. The Bertz CT molecular complexity index is 497. The number of benzene rings is 1. The Balaban J connectivity index is 1.89. The lowest BCUT2D eigenvalue weighted by Gasteiger charge is -2.13. The van der Waals surface area contributed by atoms with Gasteiger partial charge in [-0.05, 0) is 36.0 Å². The molecule has 0 saturated heterocycles. The summed E-state index contributed by atoms with van der Waals surface area (Å²) in [6, 6.07) is 6.15. The topological polar surface area (TPSA) is 43.4 Å². The van der Waals surface area contributed by atoms with Gasteiger partial charge in [0.15, 0.2) is 0 Å². The Morgan fingerprint density at radius 2 is 2.21 bits per heavy atom. The van der Waals surface area contributed by atoms with E-state index in [1.54, 1.807) is 12.1 Å². The molecule has 1 aromatic carbocycles. The van der Waals surface area contributed by atoms with E-state index in [1.165, 1.54) is 19.2 Å². The molecule has 0 radical (unpaired) electrons. The first-order valence-corrected chi connectivity index (χ1v) is 7.68. The van der Waals surface area contributed by atoms with Crippen LogP contribution < -0.4 is 0 Å². The molecule has 0 heterocycles. The van der Waals surface area contributed by atoms with Crippen LogP contribution in [0.1, 0.15) is 24.8 Å². The molecule has 19 heavy (non-hydrogen) atoms. The monoisotopic (exact) mass is 284 g/mol. The van der Waals surface area contributed by atoms with Crippen LogP contribution in [0.4, 0.5) is 4.39 Å². The van der Waals surface area contributed by atoms with E-state index >= 15 is 0 Å². The van der Waals surface area contributed by atoms with Gasteiger partial charge in [0, 0.05) is 22.3 Å². The number of halogens is 1. The summed E-state index contributed by atoms with van der Waals surface area (Å²) in [5.74, 6) is 0.254. The Morgan fingerprint density at radius 1 is 1.47 bits per heavy atom. The summed E-state index contributed by atoms with van der Waals surface area (Å²) in [4.78, 5) is 11.3. The zero-order valence-corrected chi connectivity index (χ0v) is 11.7. The van der Waals surface area contributed by atoms with Gasteiger partial charge in [-0.15, -0.1) is 0 Å². The molecule has 0 amide bonds. The Hall–Kier alpha value is -1.23. The average molecular weight is 284 g/mol. The number of rotatable bonds is 6. The SMILES string of the molecule is COC(=O)CC1(CS(=O)Cc2cccc(F)c2)CC1. The second-order valence-electron chi connectivity index (χ2n) is 5.11. The first-order valence-electron chi connectivity index (χ1n) is 6.19. The highest BCUT2D eigenvalue weighted by Gasteiger charge is 2.45. The minimum atomic E-state index is -1.08. The van der Waals surface area contributed by atoms with Crippen molar-refractivity contribution < 1.29 is 18.1 Å². The van der Waals surface area contributed by atoms with E-state index in [4.69, 9.17) is 0 Å². The quantitative estimate of drug-likeness (QED) is 0.753. The summed E-state index contributed by atoms with van der Waals surface area (Å²) in [7, 11) is 0.284. The number of methoxy groups -OCH3 is 1. The maximum atomic E-state index is 13.0. The maximum Gasteiger partial charge on any atom is 0.306 e. The molecule has 1 saturated carbocycles. The predicted octanol–water partition coefficient (Wildman–Crippen LogP) is 2.42. The number of carbonyl (C=O) groups is 1. The van der Waals surface area contributed by atoms with E-state index in [0.29, 0.717) is 17.9 Å². The van der Waals surface area contributed by atoms with Gasteiger partial charge in [-0.3, -0.25) is 9.00 Å². The lowest BCUT2D eigenvalue weighted by molar-refractivity contribution is -0.141. The van der Waals surface area contributed by atoms with Crippen LogP contribution in [0.2, 0.25) is 0 Å². The van der Waals surface area contributed by atoms with Crippen molar-refractivity contribution in [2.75, 3.05) is 12.9 Å². The molecule has 1 fully saturated rings. The lowest BCUT2D eigenvalue weighted by Crippen LogP contribution is -2.18. The fourth-order valence-corrected chi connectivity index (χ4v) is 3.86. The summed E-state index contributed by atoms with van der Waals surface area (Å²) in [5.41, 5.74) is 0.581. The molecule has 2 rings (SSSR count). The molecule has 1 unspecified atom stereocenters. The van der Waals surface area contributed by atoms with Crippen molar-refractivity contribution in [2.24, 2.45) is 5.41 Å². The Morgan fingerprint density at radius 3 is 2.79 bits per heavy atom. The Labute approximate surface area is 114 Å². The fraction of sp³-hybridized carbons (Fsp3) is 0.500. The van der Waals surface area contributed by atoms with Crippen LogP contribution in [-0.4, -0.2) is 23.0 Å². The molecule has 1 aromatic rings. The van der Waals surface area contributed by atoms with E-state index in [0.717, 1.165) is 18.4 Å². The van der Waals surface area contributed by atoms with Crippen LogP contribution in [0.15, 0.2) is 24.3 Å². The largest absolute Gasteiger partial charge is 0.469 e. The summed E-state index contributed by atoms with van der Waals surface area (Å²) >= 11 is 0. The minimum Gasteiger partial charge on any atom is -0.469 e. The van der Waals surface area contributed by atoms with Gasteiger partial charge >= 0.3 is 5.97 Å². The second kappa shape index (κ2) is 5.82. The van der Waals surface area contributed by atoms with Crippen LogP contribution >= 0.6 is 0 Å². The summed E-state index contributed by atoms with van der Waals surface area (Å²) in [6.45, 7) is 0. The highest BCUT2D eigenvalue weighted by atomic mass is 32.2. The van der Waals surface area contributed by atoms with Crippen molar-refractivity contribution in [3.05, 3.63) is 35.6 Å². The molecule has 1 aliphatic rings. The molecule has 0 spiro atoms. The van der Waals surface area contributed by atoms with E-state index in [-0.39, 0.29) is 17.2 Å². The fourth-order valence-electron chi connectivity index (χ4n) is 2.13. The lowest BCUT2D eigenvalue weighted by atomic mass is 10.1. The molecular weight excluding hydrogens is 267 g/mol. The third kappa shape index (κ3) is 4.13. The molecule has 104 valence electrons. The smallest absolute Gasteiger partial charge is 0.306 e. The van der Waals surface area contributed by atoms with Crippen LogP contribution in [0.25, 0.3) is 0 Å². The summed E-state index contributed by atoms with van der Waals surface area (Å²) in [5, 5.41) is 0. The van der Waals surface area contributed by atoms with Crippen molar-refractivity contribution in [1.29, 1.82) is 0 Å². The standard InChI is InChI=1S/C14H17FO3S/c1-18-13(16)8-14(5-6-14)10-19(17)9-11-3-2-4-12(15)7-11/h2-4,7H,5-6,8-10H2,1H3. The highest BCUT2D eigenvalue weighted by molar-refractivity contribution is 7.84. The zero-order chi connectivity index (χ0) is 13.9. The number of ether oxygens (including phenoxy) is 1. The van der Waals surface area contributed by atoms with Crippen molar-refractivity contribution in [3.63, 3.8) is 0 Å². The third-order valence-electron chi connectivity index (χ3n) is 3.39. The summed E-state index contributed by atoms with van der Waals surface area (Å²) in [6.07, 6.45) is 2.16. The molecule has 0 N–H and O–H groups in total. The van der Waals surface area contributed by atoms with Gasteiger partial charge in [0.05, 0.1) is 13.5 Å². The van der Waals surface area contributed by atoms with Gasteiger partial charge in [0.1, 0.15) is 5.82 Å². The van der Waals surface area contributed by atoms with Gasteiger partial charge in [0.25, 0.3) is 0 Å². The number of hydrogen-bond acceptors (Lipinski definition) is 3. The van der Waals surface area contributed by atoms with Crippen molar-refractivity contribution in [3.8, 4) is 0 Å². The van der Waals surface area contributed by atoms with E-state index < -0.39 is 10.8 Å². The molecule has 5 heteroatoms. The molecule has 0 aliphatic heterocycles. The number of hydrogen-bond donors (Lipinski definition) is 0. The van der Waals surface area contributed by atoms with E-state index in [1.807, 2.05) is 0 Å². The predicted molar refractivity (Wildman–Crippen MR) is 71.4 cm³/mol. The van der Waals surface area contributed by atoms with Gasteiger partial charge < -0.3 is 4.74 Å². The van der Waals surface area contributed by atoms with Gasteiger partial charge in [-0.25, -0.2) is 4.39 Å². The minimum absolute atomic E-state index is 0.148.